The van der Waals surface area contributed by atoms with Crippen LogP contribution in [-0.4, -0.2) is 6.54 Å². The fourth-order valence-electron chi connectivity index (χ4n) is 1.12. The molecule has 0 bridgehead atoms. The van der Waals surface area contributed by atoms with E-state index in [1.165, 1.54) is 12.1 Å². The van der Waals surface area contributed by atoms with Crippen LogP contribution in [0, 0.1) is 0 Å². The molecule has 0 unspecified atom stereocenters. The molecule has 0 radical (unpaired) electrons. The van der Waals surface area contributed by atoms with Crippen molar-refractivity contribution >= 4 is 17.3 Å². The summed E-state index contributed by atoms with van der Waals surface area (Å²) in [4.78, 5) is 0. The second-order valence-electron chi connectivity index (χ2n) is 3.12. The van der Waals surface area contributed by atoms with Crippen molar-refractivity contribution in [2.45, 2.75) is 19.5 Å². The summed E-state index contributed by atoms with van der Waals surface area (Å²) in [6.45, 7) is 2.58. The maximum atomic E-state index is 12.4. The van der Waals surface area contributed by atoms with Crippen molar-refractivity contribution in [1.29, 1.82) is 0 Å². The number of anilines is 1. The van der Waals surface area contributed by atoms with E-state index in [-0.39, 0.29) is 5.02 Å². The van der Waals surface area contributed by atoms with Gasteiger partial charge in [0, 0.05) is 12.2 Å². The first-order valence-corrected chi connectivity index (χ1v) is 4.93. The monoisotopic (exact) mass is 237 g/mol. The molecule has 0 spiro atoms. The number of alkyl halides is 3. The van der Waals surface area contributed by atoms with Crippen LogP contribution in [0.1, 0.15) is 18.9 Å². The van der Waals surface area contributed by atoms with Crippen LogP contribution >= 0.6 is 11.6 Å². The third-order valence-electron chi connectivity index (χ3n) is 1.85. The van der Waals surface area contributed by atoms with Crippen LogP contribution in [0.15, 0.2) is 18.2 Å². The maximum absolute atomic E-state index is 12.4. The summed E-state index contributed by atoms with van der Waals surface area (Å²) in [6, 6.07) is 3.81. The first-order chi connectivity index (χ1) is 6.95. The molecular weight excluding hydrogens is 227 g/mol. The molecule has 0 saturated heterocycles. The zero-order valence-electron chi connectivity index (χ0n) is 8.16. The molecule has 1 N–H and O–H groups in total. The van der Waals surface area contributed by atoms with Gasteiger partial charge in [-0.25, -0.2) is 0 Å². The molecular formula is C10H11ClF3N. The molecule has 1 nitrogen and oxygen atoms in total. The molecule has 0 aliphatic rings. The number of hydrogen-bond donors (Lipinski definition) is 1. The highest BCUT2D eigenvalue weighted by molar-refractivity contribution is 6.31. The molecule has 1 aromatic carbocycles. The highest BCUT2D eigenvalue weighted by Gasteiger charge is 2.33. The van der Waals surface area contributed by atoms with Crippen LogP contribution in [0.4, 0.5) is 18.9 Å². The molecule has 0 aromatic heterocycles. The Morgan fingerprint density at radius 2 is 2.00 bits per heavy atom. The van der Waals surface area contributed by atoms with Gasteiger partial charge in [0.25, 0.3) is 0 Å². The average molecular weight is 238 g/mol. The smallest absolute Gasteiger partial charge is 0.385 e. The number of hydrogen-bond acceptors (Lipinski definition) is 1. The number of rotatable bonds is 3. The van der Waals surface area contributed by atoms with E-state index in [1.807, 2.05) is 6.92 Å². The standard InChI is InChI=1S/C10H11ClF3N/c1-2-5-15-7-3-4-9(11)8(6-7)10(12,13)14/h3-4,6,15H,2,5H2,1H3. The Labute approximate surface area is 91.2 Å². The molecule has 0 aliphatic carbocycles. The topological polar surface area (TPSA) is 12.0 Å². The van der Waals surface area contributed by atoms with Crippen molar-refractivity contribution in [2.24, 2.45) is 0 Å². The molecule has 1 rings (SSSR count). The van der Waals surface area contributed by atoms with Crippen molar-refractivity contribution in [3.05, 3.63) is 28.8 Å². The molecule has 1 aromatic rings. The molecule has 5 heteroatoms. The number of benzene rings is 1. The Kier molecular flexibility index (Phi) is 3.85. The van der Waals surface area contributed by atoms with Gasteiger partial charge in [-0.1, -0.05) is 18.5 Å². The Hall–Kier alpha value is -0.900. The zero-order valence-corrected chi connectivity index (χ0v) is 8.91. The van der Waals surface area contributed by atoms with E-state index in [0.29, 0.717) is 12.2 Å². The van der Waals surface area contributed by atoms with Gasteiger partial charge in [-0.15, -0.1) is 0 Å². The van der Waals surface area contributed by atoms with E-state index in [1.54, 1.807) is 0 Å². The highest BCUT2D eigenvalue weighted by Crippen LogP contribution is 2.36. The second-order valence-corrected chi connectivity index (χ2v) is 3.53. The lowest BCUT2D eigenvalue weighted by Crippen LogP contribution is -2.07. The van der Waals surface area contributed by atoms with Gasteiger partial charge < -0.3 is 5.32 Å². The van der Waals surface area contributed by atoms with E-state index < -0.39 is 11.7 Å². The quantitative estimate of drug-likeness (QED) is 0.832. The first kappa shape index (κ1) is 12.2. The van der Waals surface area contributed by atoms with Gasteiger partial charge in [-0.2, -0.15) is 13.2 Å². The predicted octanol–water partition coefficient (Wildman–Crippen LogP) is 4.18. The van der Waals surface area contributed by atoms with E-state index in [4.69, 9.17) is 11.6 Å². The first-order valence-electron chi connectivity index (χ1n) is 4.55. The van der Waals surface area contributed by atoms with Crippen molar-refractivity contribution in [3.63, 3.8) is 0 Å². The molecule has 0 amide bonds. The maximum Gasteiger partial charge on any atom is 0.417 e. The van der Waals surface area contributed by atoms with Crippen LogP contribution in [0.25, 0.3) is 0 Å². The molecule has 0 aliphatic heterocycles. The molecule has 0 atom stereocenters. The Balaban J connectivity index is 2.95. The van der Waals surface area contributed by atoms with Crippen LogP contribution in [0.5, 0.6) is 0 Å². The Morgan fingerprint density at radius 1 is 1.33 bits per heavy atom. The lowest BCUT2D eigenvalue weighted by Gasteiger charge is -2.11. The van der Waals surface area contributed by atoms with Crippen molar-refractivity contribution in [1.82, 2.24) is 0 Å². The molecule has 0 fully saturated rings. The third kappa shape index (κ3) is 3.30. The molecule has 0 saturated carbocycles. The number of nitrogens with one attached hydrogen (secondary N) is 1. The van der Waals surface area contributed by atoms with Gasteiger partial charge in [0.2, 0.25) is 0 Å². The summed E-state index contributed by atoms with van der Waals surface area (Å²) >= 11 is 5.47. The fourth-order valence-corrected chi connectivity index (χ4v) is 1.35. The second kappa shape index (κ2) is 4.75. The minimum Gasteiger partial charge on any atom is -0.385 e. The lowest BCUT2D eigenvalue weighted by atomic mass is 10.2. The van der Waals surface area contributed by atoms with Crippen LogP contribution in [0.3, 0.4) is 0 Å². The van der Waals surface area contributed by atoms with Crippen molar-refractivity contribution < 1.29 is 13.2 Å². The Morgan fingerprint density at radius 3 is 2.53 bits per heavy atom. The average Bonchev–Trinajstić information content (AvgIpc) is 2.15. The van der Waals surface area contributed by atoms with Gasteiger partial charge in [-0.05, 0) is 24.6 Å². The van der Waals surface area contributed by atoms with Crippen LogP contribution < -0.4 is 5.32 Å². The summed E-state index contributed by atoms with van der Waals surface area (Å²) in [6.07, 6.45) is -3.55. The summed E-state index contributed by atoms with van der Waals surface area (Å²) in [5.74, 6) is 0. The zero-order chi connectivity index (χ0) is 11.5. The third-order valence-corrected chi connectivity index (χ3v) is 2.18. The van der Waals surface area contributed by atoms with Crippen LogP contribution in [0.2, 0.25) is 5.02 Å². The van der Waals surface area contributed by atoms with E-state index >= 15 is 0 Å². The van der Waals surface area contributed by atoms with E-state index in [2.05, 4.69) is 5.32 Å². The molecule has 0 heterocycles. The minimum atomic E-state index is -4.40. The molecule has 84 valence electrons. The fraction of sp³-hybridized carbons (Fsp3) is 0.400. The van der Waals surface area contributed by atoms with Gasteiger partial charge >= 0.3 is 6.18 Å². The molecule has 15 heavy (non-hydrogen) atoms. The normalized spacial score (nSPS) is 11.5. The largest absolute Gasteiger partial charge is 0.417 e. The van der Waals surface area contributed by atoms with Gasteiger partial charge in [0.1, 0.15) is 0 Å². The summed E-state index contributed by atoms with van der Waals surface area (Å²) < 4.78 is 37.3. The van der Waals surface area contributed by atoms with Gasteiger partial charge in [0.15, 0.2) is 0 Å². The predicted molar refractivity (Wildman–Crippen MR) is 55.2 cm³/mol. The summed E-state index contributed by atoms with van der Waals surface area (Å²) in [7, 11) is 0. The van der Waals surface area contributed by atoms with Crippen LogP contribution in [-0.2, 0) is 6.18 Å². The SMILES string of the molecule is CCCNc1ccc(Cl)c(C(F)(F)F)c1. The van der Waals surface area contributed by atoms with E-state index in [0.717, 1.165) is 12.5 Å². The summed E-state index contributed by atoms with van der Waals surface area (Å²) in [5, 5.41) is 2.60. The van der Waals surface area contributed by atoms with E-state index in [9.17, 15) is 13.2 Å². The summed E-state index contributed by atoms with van der Waals surface area (Å²) in [5.41, 5.74) is -0.362. The van der Waals surface area contributed by atoms with Crippen molar-refractivity contribution in [3.8, 4) is 0 Å². The lowest BCUT2D eigenvalue weighted by molar-refractivity contribution is -0.137. The minimum absolute atomic E-state index is 0.274. The van der Waals surface area contributed by atoms with Gasteiger partial charge in [0.05, 0.1) is 10.6 Å². The van der Waals surface area contributed by atoms with Crippen molar-refractivity contribution in [2.75, 3.05) is 11.9 Å². The Bertz CT molecular complexity index is 336. The number of halogens is 4. The highest BCUT2D eigenvalue weighted by atomic mass is 35.5. The van der Waals surface area contributed by atoms with Gasteiger partial charge in [-0.3, -0.25) is 0 Å².